The van der Waals surface area contributed by atoms with Crippen LogP contribution in [-0.4, -0.2) is 9.97 Å². The summed E-state index contributed by atoms with van der Waals surface area (Å²) in [5, 5.41) is 3.78. The predicted molar refractivity (Wildman–Crippen MR) is 94.0 cm³/mol. The van der Waals surface area contributed by atoms with Crippen molar-refractivity contribution in [2.24, 2.45) is 0 Å². The zero-order chi connectivity index (χ0) is 15.1. The lowest BCUT2D eigenvalue weighted by Crippen LogP contribution is -1.85. The molecule has 22 heavy (non-hydrogen) atoms. The molecule has 2 aromatic heterocycles. The highest BCUT2D eigenvalue weighted by molar-refractivity contribution is 7.13. The van der Waals surface area contributed by atoms with Crippen LogP contribution in [0.3, 0.4) is 0 Å². The molecule has 0 bridgehead atoms. The van der Waals surface area contributed by atoms with Crippen molar-refractivity contribution in [1.29, 1.82) is 0 Å². The van der Waals surface area contributed by atoms with E-state index in [2.05, 4.69) is 53.3 Å². The molecule has 0 radical (unpaired) electrons. The molecule has 108 valence electrons. The molecule has 0 aliphatic carbocycles. The van der Waals surface area contributed by atoms with Crippen molar-refractivity contribution >= 4 is 27.4 Å². The number of benzene rings is 2. The number of nitrogens with two attached hydrogens (primary N) is 1. The number of aromatic nitrogens is 2. The zero-order valence-electron chi connectivity index (χ0n) is 12.1. The summed E-state index contributed by atoms with van der Waals surface area (Å²) in [6.45, 7) is 2.09. The van der Waals surface area contributed by atoms with Gasteiger partial charge in [0.1, 0.15) is 0 Å². The van der Waals surface area contributed by atoms with Crippen LogP contribution in [0.2, 0.25) is 0 Å². The van der Waals surface area contributed by atoms with E-state index in [1.165, 1.54) is 22.3 Å². The number of nitrogens with zero attached hydrogens (tertiary/aromatic N) is 1. The van der Waals surface area contributed by atoms with Crippen molar-refractivity contribution in [1.82, 2.24) is 9.97 Å². The molecule has 2 aromatic carbocycles. The van der Waals surface area contributed by atoms with Crippen molar-refractivity contribution in [3.05, 3.63) is 59.5 Å². The van der Waals surface area contributed by atoms with Gasteiger partial charge in [0.25, 0.3) is 0 Å². The van der Waals surface area contributed by atoms with Crippen LogP contribution in [-0.2, 0) is 0 Å². The number of fused-ring (bicyclic) bond motifs is 1. The SMILES string of the molecule is Cc1ccc(-c2[nH]c3ccccc3c2-c2csc(N)n2)cc1. The first-order chi connectivity index (χ1) is 10.7. The minimum Gasteiger partial charge on any atom is -0.375 e. The normalized spacial score (nSPS) is 11.1. The molecule has 0 saturated carbocycles. The smallest absolute Gasteiger partial charge is 0.180 e. The Balaban J connectivity index is 2.03. The molecule has 3 nitrogen and oxygen atoms in total. The second-order valence-corrected chi connectivity index (χ2v) is 6.25. The van der Waals surface area contributed by atoms with Gasteiger partial charge in [0.15, 0.2) is 5.13 Å². The first-order valence-electron chi connectivity index (χ1n) is 7.11. The van der Waals surface area contributed by atoms with Gasteiger partial charge < -0.3 is 10.7 Å². The molecule has 4 aromatic rings. The van der Waals surface area contributed by atoms with Crippen LogP contribution in [0.1, 0.15) is 5.56 Å². The Labute approximate surface area is 132 Å². The molecule has 0 saturated heterocycles. The third-order valence-corrected chi connectivity index (χ3v) is 4.50. The van der Waals surface area contributed by atoms with E-state index in [-0.39, 0.29) is 0 Å². The van der Waals surface area contributed by atoms with Crippen molar-refractivity contribution in [2.75, 3.05) is 5.73 Å². The van der Waals surface area contributed by atoms with E-state index in [1.54, 1.807) is 0 Å². The van der Waals surface area contributed by atoms with Crippen LogP contribution >= 0.6 is 11.3 Å². The van der Waals surface area contributed by atoms with Crippen LogP contribution in [0.25, 0.3) is 33.4 Å². The fraction of sp³-hybridized carbons (Fsp3) is 0.0556. The van der Waals surface area contributed by atoms with Gasteiger partial charge in [-0.1, -0.05) is 48.0 Å². The fourth-order valence-electron chi connectivity index (χ4n) is 2.75. The molecule has 0 fully saturated rings. The van der Waals surface area contributed by atoms with Gasteiger partial charge in [-0.3, -0.25) is 0 Å². The first-order valence-corrected chi connectivity index (χ1v) is 7.99. The van der Waals surface area contributed by atoms with Crippen LogP contribution in [0.15, 0.2) is 53.9 Å². The number of hydrogen-bond donors (Lipinski definition) is 2. The maximum atomic E-state index is 5.83. The summed E-state index contributed by atoms with van der Waals surface area (Å²) in [5.74, 6) is 0. The van der Waals surface area contributed by atoms with Gasteiger partial charge >= 0.3 is 0 Å². The Bertz CT molecular complexity index is 948. The van der Waals surface area contributed by atoms with Crippen LogP contribution in [0.4, 0.5) is 5.13 Å². The quantitative estimate of drug-likeness (QED) is 0.556. The monoisotopic (exact) mass is 305 g/mol. The average Bonchev–Trinajstić information content (AvgIpc) is 3.11. The van der Waals surface area contributed by atoms with E-state index >= 15 is 0 Å². The van der Waals surface area contributed by atoms with E-state index in [0.29, 0.717) is 5.13 Å². The Morgan fingerprint density at radius 3 is 2.55 bits per heavy atom. The number of aryl methyl sites for hydroxylation is 1. The third-order valence-electron chi connectivity index (χ3n) is 3.82. The average molecular weight is 305 g/mol. The lowest BCUT2D eigenvalue weighted by atomic mass is 10.0. The number of aromatic amines is 1. The number of H-pyrrole nitrogens is 1. The molecule has 4 rings (SSSR count). The highest BCUT2D eigenvalue weighted by Crippen LogP contribution is 2.38. The molecular weight excluding hydrogens is 290 g/mol. The Morgan fingerprint density at radius 1 is 1.05 bits per heavy atom. The van der Waals surface area contributed by atoms with E-state index in [0.717, 1.165) is 28.0 Å². The molecule has 3 N–H and O–H groups in total. The number of anilines is 1. The molecule has 0 spiro atoms. The summed E-state index contributed by atoms with van der Waals surface area (Å²) >= 11 is 1.47. The topological polar surface area (TPSA) is 54.7 Å². The number of nitrogens with one attached hydrogen (secondary N) is 1. The summed E-state index contributed by atoms with van der Waals surface area (Å²) < 4.78 is 0. The minimum atomic E-state index is 0.593. The zero-order valence-corrected chi connectivity index (χ0v) is 12.9. The predicted octanol–water partition coefficient (Wildman–Crippen LogP) is 4.85. The van der Waals surface area contributed by atoms with Crippen LogP contribution in [0.5, 0.6) is 0 Å². The van der Waals surface area contributed by atoms with Gasteiger partial charge in [-0.05, 0) is 18.6 Å². The Kier molecular flexibility index (Phi) is 2.98. The highest BCUT2D eigenvalue weighted by Gasteiger charge is 2.16. The van der Waals surface area contributed by atoms with Crippen LogP contribution < -0.4 is 5.73 Å². The van der Waals surface area contributed by atoms with Gasteiger partial charge in [-0.15, -0.1) is 11.3 Å². The maximum absolute atomic E-state index is 5.83. The van der Waals surface area contributed by atoms with E-state index in [4.69, 9.17) is 5.73 Å². The summed E-state index contributed by atoms with van der Waals surface area (Å²) in [6.07, 6.45) is 0. The van der Waals surface area contributed by atoms with E-state index in [1.807, 2.05) is 17.5 Å². The second-order valence-electron chi connectivity index (χ2n) is 5.36. The van der Waals surface area contributed by atoms with Gasteiger partial charge in [0.05, 0.1) is 11.4 Å². The number of nitrogen functional groups attached to an aromatic ring is 1. The highest BCUT2D eigenvalue weighted by atomic mass is 32.1. The minimum absolute atomic E-state index is 0.593. The van der Waals surface area contributed by atoms with Gasteiger partial charge in [0.2, 0.25) is 0 Å². The molecular formula is C18H15N3S. The van der Waals surface area contributed by atoms with Gasteiger partial charge in [0, 0.05) is 21.8 Å². The van der Waals surface area contributed by atoms with Crippen LogP contribution in [0, 0.1) is 6.92 Å². The van der Waals surface area contributed by atoms with E-state index in [9.17, 15) is 0 Å². The van der Waals surface area contributed by atoms with Crippen molar-refractivity contribution in [3.8, 4) is 22.5 Å². The van der Waals surface area contributed by atoms with Crippen molar-refractivity contribution in [3.63, 3.8) is 0 Å². The number of rotatable bonds is 2. The third kappa shape index (κ3) is 2.09. The number of thiazole rings is 1. The summed E-state index contributed by atoms with van der Waals surface area (Å²) in [6, 6.07) is 16.8. The van der Waals surface area contributed by atoms with Gasteiger partial charge in [-0.2, -0.15) is 0 Å². The lowest BCUT2D eigenvalue weighted by Gasteiger charge is -2.03. The fourth-order valence-corrected chi connectivity index (χ4v) is 3.30. The molecule has 0 aliphatic rings. The lowest BCUT2D eigenvalue weighted by molar-refractivity contribution is 1.39. The van der Waals surface area contributed by atoms with Crippen molar-refractivity contribution in [2.45, 2.75) is 6.92 Å². The second kappa shape index (κ2) is 5.00. The standard InChI is InChI=1S/C18H15N3S/c1-11-6-8-12(9-7-11)17-16(15-10-22-18(19)21-15)13-4-2-3-5-14(13)20-17/h2-10,20H,1H3,(H2,19,21). The molecule has 4 heteroatoms. The van der Waals surface area contributed by atoms with E-state index < -0.39 is 0 Å². The molecule has 0 amide bonds. The molecule has 2 heterocycles. The molecule has 0 aliphatic heterocycles. The summed E-state index contributed by atoms with van der Waals surface area (Å²) in [5.41, 5.74) is 12.5. The largest absolute Gasteiger partial charge is 0.375 e. The summed E-state index contributed by atoms with van der Waals surface area (Å²) in [4.78, 5) is 8.01. The molecule has 0 atom stereocenters. The van der Waals surface area contributed by atoms with Crippen molar-refractivity contribution < 1.29 is 0 Å². The summed E-state index contributed by atoms with van der Waals surface area (Å²) in [7, 11) is 0. The molecule has 0 unspecified atom stereocenters. The first kappa shape index (κ1) is 13.1. The Morgan fingerprint density at radius 2 is 1.82 bits per heavy atom. The van der Waals surface area contributed by atoms with Gasteiger partial charge in [-0.25, -0.2) is 4.98 Å². The number of hydrogen-bond acceptors (Lipinski definition) is 3. The maximum Gasteiger partial charge on any atom is 0.180 e. The number of para-hydroxylation sites is 1. The Hall–Kier alpha value is -2.59.